The first-order valence-corrected chi connectivity index (χ1v) is 27.6. The summed E-state index contributed by atoms with van der Waals surface area (Å²) < 4.78 is 22.5. The van der Waals surface area contributed by atoms with Gasteiger partial charge in [0.15, 0.2) is 11.9 Å². The van der Waals surface area contributed by atoms with Crippen LogP contribution in [0.15, 0.2) is 24.3 Å². The van der Waals surface area contributed by atoms with Crippen molar-refractivity contribution in [3.05, 3.63) is 29.8 Å². The van der Waals surface area contributed by atoms with Crippen LogP contribution < -0.4 is 26.0 Å². The van der Waals surface area contributed by atoms with Crippen molar-refractivity contribution in [2.45, 2.75) is 194 Å². The number of nitrogens with one attached hydrogen (secondary N) is 4. The third-order valence-electron chi connectivity index (χ3n) is 15.4. The number of esters is 2. The van der Waals surface area contributed by atoms with Crippen molar-refractivity contribution in [1.29, 1.82) is 0 Å². The lowest BCUT2D eigenvalue weighted by molar-refractivity contribution is -0.162. The number of amides is 6. The molecule has 5 N–H and O–H groups in total. The Morgan fingerprint density at radius 2 is 1.44 bits per heavy atom. The fourth-order valence-corrected chi connectivity index (χ4v) is 10.1. The number of carbonyl (C=O) groups excluding carboxylic acids is 10. The van der Waals surface area contributed by atoms with Crippen molar-refractivity contribution >= 4 is 58.9 Å². The Balaban J connectivity index is 1.52. The van der Waals surface area contributed by atoms with Crippen LogP contribution in [0.2, 0.25) is 0 Å². The van der Waals surface area contributed by atoms with Gasteiger partial charge in [-0.2, -0.15) is 0 Å². The van der Waals surface area contributed by atoms with Gasteiger partial charge >= 0.3 is 11.9 Å². The van der Waals surface area contributed by atoms with Gasteiger partial charge in [0.1, 0.15) is 42.1 Å². The number of carbonyl (C=O) groups is 10. The molecule has 0 bridgehead atoms. The lowest BCUT2D eigenvalue weighted by Crippen LogP contribution is -2.61. The Morgan fingerprint density at radius 1 is 0.808 bits per heavy atom. The first-order valence-electron chi connectivity index (χ1n) is 27.6. The summed E-state index contributed by atoms with van der Waals surface area (Å²) >= 11 is 0. The van der Waals surface area contributed by atoms with E-state index in [-0.39, 0.29) is 43.4 Å². The average Bonchev–Trinajstić information content (AvgIpc) is 4.08. The molecular formula is C56H87N7O15. The Hall–Kier alpha value is -6.00. The number of ketones is 2. The molecule has 3 fully saturated rings. The third kappa shape index (κ3) is 17.0. The zero-order chi connectivity index (χ0) is 58.3. The predicted molar refractivity (Wildman–Crippen MR) is 286 cm³/mol. The summed E-state index contributed by atoms with van der Waals surface area (Å²) in [5, 5.41) is 22.9. The van der Waals surface area contributed by atoms with Gasteiger partial charge in [-0.25, -0.2) is 0 Å². The molecule has 1 aromatic carbocycles. The summed E-state index contributed by atoms with van der Waals surface area (Å²) in [6, 6.07) is 0.00727. The maximum atomic E-state index is 14.6. The molecule has 0 aliphatic carbocycles. The number of hydrogen-bond acceptors (Lipinski definition) is 16. The summed E-state index contributed by atoms with van der Waals surface area (Å²) in [6.45, 7) is 17.3. The van der Waals surface area contributed by atoms with E-state index in [9.17, 15) is 53.1 Å². The lowest BCUT2D eigenvalue weighted by Gasteiger charge is -2.38. The van der Waals surface area contributed by atoms with Gasteiger partial charge in [-0.15, -0.1) is 0 Å². The van der Waals surface area contributed by atoms with E-state index >= 15 is 0 Å². The molecule has 3 aliphatic heterocycles. The van der Waals surface area contributed by atoms with Crippen LogP contribution in [0.25, 0.3) is 0 Å². The lowest BCUT2D eigenvalue weighted by atomic mass is 9.91. The van der Waals surface area contributed by atoms with E-state index in [2.05, 4.69) is 21.3 Å². The molecule has 0 saturated carbocycles. The first kappa shape index (κ1) is 64.5. The Bertz CT molecular complexity index is 2270. The summed E-state index contributed by atoms with van der Waals surface area (Å²) in [7, 11) is 4.43. The molecule has 3 aliphatic rings. The van der Waals surface area contributed by atoms with E-state index in [1.165, 1.54) is 39.8 Å². The van der Waals surface area contributed by atoms with Crippen LogP contribution in [0.3, 0.4) is 0 Å². The highest BCUT2D eigenvalue weighted by Crippen LogP contribution is 2.30. The van der Waals surface area contributed by atoms with Gasteiger partial charge in [0.25, 0.3) is 5.91 Å². The second-order valence-electron chi connectivity index (χ2n) is 22.0. The minimum atomic E-state index is -1.65. The molecule has 0 aromatic heterocycles. The SMILES string of the molecule is CC[C@H](C)[C@@H](NC(=O)[C@@H](NC(=O)[C@@H](C)N(C)C(=O)[C@@H]1CCCN1C(=O)C(C)=O)[C@@H](C)OC(=O)[C@H](Cc1ccc(OC)cc1)NC)[C@@H](O)CC(=O)O[C@H](C(=O)[C@H](C)C(=O)N[C@@H](CC(C)C)C(=O)N1CCC[C@H]1C1CCO1)C(C)C. The van der Waals surface area contributed by atoms with Crippen molar-refractivity contribution in [2.24, 2.45) is 23.7 Å². The van der Waals surface area contributed by atoms with Gasteiger partial charge in [0.2, 0.25) is 35.3 Å². The fourth-order valence-electron chi connectivity index (χ4n) is 10.1. The summed E-state index contributed by atoms with van der Waals surface area (Å²) in [5.41, 5.74) is 0.757. The van der Waals surface area contributed by atoms with E-state index in [1.54, 1.807) is 63.9 Å². The van der Waals surface area contributed by atoms with Crippen molar-refractivity contribution < 1.29 is 72.0 Å². The largest absolute Gasteiger partial charge is 0.497 e. The molecule has 22 heteroatoms. The predicted octanol–water partition coefficient (Wildman–Crippen LogP) is 2.03. The first-order chi connectivity index (χ1) is 36.8. The van der Waals surface area contributed by atoms with E-state index in [4.69, 9.17) is 18.9 Å². The maximum Gasteiger partial charge on any atom is 0.323 e. The van der Waals surface area contributed by atoms with E-state index in [1.807, 2.05) is 13.8 Å². The third-order valence-corrected chi connectivity index (χ3v) is 15.4. The standard InChI is InChI=1S/C56H87N7O15/c1-14-32(6)46(43(65)29-45(66)78-49(31(4)5)48(67)33(7)50(68)58-39(27-30(2)3)54(72)62-24-15-17-41(62)44-23-26-76-44)59-52(70)47(36(10)77-56(74)40(57-11)28-37-19-21-38(75-13)22-20-37)60-51(69)34(8)61(12)55(73)42-18-16-25-63(42)53(71)35(9)64/h19-22,30-34,36,39-44,46-47,49,57,65H,14-18,23-29H2,1-13H3,(H,58,68)(H,59,70)(H,60,69)/t32-,33-,34+,36+,39-,40-,41-,42-,43-,44?,46+,47-,49-/m0/s1. The normalized spacial score (nSPS) is 21.1. The van der Waals surface area contributed by atoms with Gasteiger partial charge in [-0.1, -0.05) is 60.1 Å². The molecule has 4 rings (SSSR count). The number of rotatable bonds is 29. The molecule has 22 nitrogen and oxygen atoms in total. The summed E-state index contributed by atoms with van der Waals surface area (Å²) in [6.07, 6.45) is -1.16. The van der Waals surface area contributed by atoms with Crippen LogP contribution in [0.1, 0.15) is 126 Å². The van der Waals surface area contributed by atoms with Gasteiger partial charge in [-0.3, -0.25) is 47.9 Å². The number of aliphatic hydroxyl groups excluding tert-OH is 1. The second-order valence-corrected chi connectivity index (χ2v) is 22.0. The van der Waals surface area contributed by atoms with Crippen LogP contribution in [0.4, 0.5) is 0 Å². The van der Waals surface area contributed by atoms with Crippen LogP contribution >= 0.6 is 0 Å². The van der Waals surface area contributed by atoms with E-state index in [0.29, 0.717) is 38.2 Å². The highest BCUT2D eigenvalue weighted by atomic mass is 16.6. The van der Waals surface area contributed by atoms with Crippen molar-refractivity contribution in [1.82, 2.24) is 36.0 Å². The van der Waals surface area contributed by atoms with Crippen molar-refractivity contribution in [2.75, 3.05) is 40.9 Å². The van der Waals surface area contributed by atoms with Crippen molar-refractivity contribution in [3.8, 4) is 5.75 Å². The molecule has 6 amide bonds. The number of ether oxygens (including phenoxy) is 4. The number of likely N-dealkylation sites (N-methyl/N-ethyl adjacent to an activating group) is 2. The number of benzene rings is 1. The number of nitrogens with zero attached hydrogens (tertiary/aromatic N) is 3. The van der Waals surface area contributed by atoms with E-state index in [0.717, 1.165) is 36.6 Å². The molecule has 3 heterocycles. The molecule has 0 spiro atoms. The van der Waals surface area contributed by atoms with Gasteiger partial charge in [-0.05, 0) is 108 Å². The Morgan fingerprint density at radius 3 is 1.99 bits per heavy atom. The van der Waals surface area contributed by atoms with Gasteiger partial charge in [0.05, 0.1) is 43.7 Å². The van der Waals surface area contributed by atoms with Crippen LogP contribution in [-0.2, 0) is 68.6 Å². The molecule has 78 heavy (non-hydrogen) atoms. The molecule has 3 saturated heterocycles. The zero-order valence-corrected chi connectivity index (χ0v) is 48.0. The topological polar surface area (TPSA) is 286 Å². The Kier molecular flexibility index (Phi) is 24.7. The van der Waals surface area contributed by atoms with Crippen LogP contribution in [0, 0.1) is 23.7 Å². The summed E-state index contributed by atoms with van der Waals surface area (Å²) in [4.78, 5) is 141. The minimum absolute atomic E-state index is 0.0283. The quantitative estimate of drug-likeness (QED) is 0.0436. The van der Waals surface area contributed by atoms with Crippen molar-refractivity contribution in [3.63, 3.8) is 0 Å². The van der Waals surface area contributed by atoms with E-state index < -0.39 is 132 Å². The minimum Gasteiger partial charge on any atom is -0.497 e. The fraction of sp³-hybridized carbons (Fsp3) is 0.714. The molecule has 13 atom stereocenters. The molecule has 436 valence electrons. The number of aliphatic hydroxyl groups is 1. The van der Waals surface area contributed by atoms with Crippen LogP contribution in [0.5, 0.6) is 5.75 Å². The molecular weight excluding hydrogens is 1010 g/mol. The zero-order valence-electron chi connectivity index (χ0n) is 48.0. The van der Waals surface area contributed by atoms with Gasteiger partial charge in [0, 0.05) is 33.7 Å². The second kappa shape index (κ2) is 29.8. The number of hydrogen-bond donors (Lipinski definition) is 5. The average molecular weight is 1100 g/mol. The maximum absolute atomic E-state index is 14.6. The highest BCUT2D eigenvalue weighted by Gasteiger charge is 2.44. The highest BCUT2D eigenvalue weighted by molar-refractivity contribution is 6.35. The van der Waals surface area contributed by atoms with Gasteiger partial charge < -0.3 is 60.0 Å². The monoisotopic (exact) mass is 1100 g/mol. The number of methoxy groups -OCH3 is 1. The molecule has 1 unspecified atom stereocenters. The smallest absolute Gasteiger partial charge is 0.323 e. The number of likely N-dealkylation sites (tertiary alicyclic amines) is 2. The Labute approximate surface area is 459 Å². The molecule has 1 aromatic rings. The summed E-state index contributed by atoms with van der Waals surface area (Å²) in [5.74, 6) is -9.23. The number of Topliss-reactive ketones (excluding diaryl/α,β-unsaturated/α-hetero) is 2. The van der Waals surface area contributed by atoms with Crippen LogP contribution in [-0.4, -0.2) is 186 Å². The molecule has 0 radical (unpaired) electrons.